The van der Waals surface area contributed by atoms with Gasteiger partial charge in [0, 0.05) is 5.92 Å². The number of nitrogens with zero attached hydrogens (tertiary/aromatic N) is 2. The smallest absolute Gasteiger partial charge is 0.166 e. The summed E-state index contributed by atoms with van der Waals surface area (Å²) in [6.45, 7) is 0. The van der Waals surface area contributed by atoms with Gasteiger partial charge in [0.2, 0.25) is 0 Å². The highest BCUT2D eigenvalue weighted by Crippen LogP contribution is 2.32. The molecule has 0 atom stereocenters. The van der Waals surface area contributed by atoms with Crippen LogP contribution in [0.2, 0.25) is 0 Å². The number of fused-ring (bicyclic) bond motifs is 1. The van der Waals surface area contributed by atoms with E-state index in [1.54, 1.807) is 0 Å². The van der Waals surface area contributed by atoms with Gasteiger partial charge in [0.25, 0.3) is 0 Å². The number of imidazole rings is 1. The van der Waals surface area contributed by atoms with Crippen molar-refractivity contribution in [2.24, 2.45) is 0 Å². The summed E-state index contributed by atoms with van der Waals surface area (Å²) in [7, 11) is 0. The highest BCUT2D eigenvalue weighted by atomic mass is 16.1. The molecular weight excluding hydrogens is 212 g/mol. The van der Waals surface area contributed by atoms with E-state index in [1.807, 2.05) is 28.8 Å². The zero-order chi connectivity index (χ0) is 11.7. The lowest BCUT2D eigenvalue weighted by atomic mass is 9.88. The maximum absolute atomic E-state index is 11.1. The fourth-order valence-corrected chi connectivity index (χ4v) is 2.84. The Morgan fingerprint density at radius 1 is 1.24 bits per heavy atom. The van der Waals surface area contributed by atoms with E-state index in [4.69, 9.17) is 0 Å². The topological polar surface area (TPSA) is 34.4 Å². The monoisotopic (exact) mass is 228 g/mol. The quantitative estimate of drug-likeness (QED) is 0.740. The van der Waals surface area contributed by atoms with Gasteiger partial charge in [-0.1, -0.05) is 25.3 Å². The van der Waals surface area contributed by atoms with Gasteiger partial charge in [0.1, 0.15) is 5.82 Å². The molecule has 0 bridgehead atoms. The number of hydrogen-bond donors (Lipinski definition) is 0. The molecule has 88 valence electrons. The molecule has 0 saturated heterocycles. The second-order valence-electron chi connectivity index (χ2n) is 4.78. The number of carbonyl (C=O) groups is 1. The molecule has 2 aromatic heterocycles. The third-order valence-electron chi connectivity index (χ3n) is 3.70. The first kappa shape index (κ1) is 10.5. The Kier molecular flexibility index (Phi) is 2.67. The summed E-state index contributed by atoms with van der Waals surface area (Å²) in [5.41, 5.74) is 1.73. The zero-order valence-electron chi connectivity index (χ0n) is 9.80. The van der Waals surface area contributed by atoms with Crippen LogP contribution in [0.1, 0.15) is 54.3 Å². The highest BCUT2D eigenvalue weighted by Gasteiger charge is 2.20. The Morgan fingerprint density at radius 3 is 2.82 bits per heavy atom. The Hall–Kier alpha value is -1.64. The molecule has 1 aliphatic carbocycles. The van der Waals surface area contributed by atoms with Crippen LogP contribution in [0.4, 0.5) is 0 Å². The SMILES string of the molecule is O=Cc1cccc2cnc(C3CCCCC3)n12. The van der Waals surface area contributed by atoms with Gasteiger partial charge in [-0.15, -0.1) is 0 Å². The average molecular weight is 228 g/mol. The second kappa shape index (κ2) is 4.32. The van der Waals surface area contributed by atoms with Gasteiger partial charge in [0.05, 0.1) is 17.4 Å². The number of aromatic nitrogens is 2. The number of carbonyl (C=O) groups excluding carboxylic acids is 1. The van der Waals surface area contributed by atoms with Crippen molar-refractivity contribution in [2.75, 3.05) is 0 Å². The molecular formula is C14H16N2O. The van der Waals surface area contributed by atoms with E-state index in [2.05, 4.69) is 4.98 Å². The van der Waals surface area contributed by atoms with Crippen LogP contribution in [0.25, 0.3) is 5.52 Å². The summed E-state index contributed by atoms with van der Waals surface area (Å²) in [6, 6.07) is 5.77. The predicted octanol–water partition coefficient (Wildman–Crippen LogP) is 3.19. The lowest BCUT2D eigenvalue weighted by molar-refractivity contribution is 0.111. The average Bonchev–Trinajstić information content (AvgIpc) is 2.83. The molecule has 0 radical (unpaired) electrons. The van der Waals surface area contributed by atoms with E-state index in [-0.39, 0.29) is 0 Å². The summed E-state index contributed by atoms with van der Waals surface area (Å²) >= 11 is 0. The van der Waals surface area contributed by atoms with Crippen molar-refractivity contribution in [3.63, 3.8) is 0 Å². The maximum atomic E-state index is 11.1. The van der Waals surface area contributed by atoms with E-state index >= 15 is 0 Å². The Bertz CT molecular complexity index is 538. The van der Waals surface area contributed by atoms with Gasteiger partial charge < -0.3 is 0 Å². The van der Waals surface area contributed by atoms with Crippen LogP contribution in [0.3, 0.4) is 0 Å². The minimum absolute atomic E-state index is 0.521. The second-order valence-corrected chi connectivity index (χ2v) is 4.78. The molecule has 3 rings (SSSR count). The van der Waals surface area contributed by atoms with Crippen LogP contribution < -0.4 is 0 Å². The molecule has 3 heteroatoms. The molecule has 1 saturated carbocycles. The third kappa shape index (κ3) is 1.75. The van der Waals surface area contributed by atoms with E-state index < -0.39 is 0 Å². The summed E-state index contributed by atoms with van der Waals surface area (Å²) in [6.07, 6.45) is 9.09. The van der Waals surface area contributed by atoms with Crippen LogP contribution in [-0.4, -0.2) is 15.7 Å². The van der Waals surface area contributed by atoms with Crippen molar-refractivity contribution in [3.8, 4) is 0 Å². The number of aldehydes is 1. The summed E-state index contributed by atoms with van der Waals surface area (Å²) in [4.78, 5) is 15.6. The molecule has 0 amide bonds. The van der Waals surface area contributed by atoms with Crippen LogP contribution in [0, 0.1) is 0 Å². The molecule has 17 heavy (non-hydrogen) atoms. The Labute approximate surface area is 100 Å². The molecule has 0 N–H and O–H groups in total. The normalized spacial score (nSPS) is 17.4. The fourth-order valence-electron chi connectivity index (χ4n) is 2.84. The van der Waals surface area contributed by atoms with Crippen LogP contribution >= 0.6 is 0 Å². The first-order valence-electron chi connectivity index (χ1n) is 6.31. The molecule has 1 aliphatic rings. The first-order chi connectivity index (χ1) is 8.40. The van der Waals surface area contributed by atoms with Crippen molar-refractivity contribution in [3.05, 3.63) is 35.9 Å². The van der Waals surface area contributed by atoms with E-state index in [0.717, 1.165) is 17.6 Å². The van der Waals surface area contributed by atoms with E-state index in [0.29, 0.717) is 11.6 Å². The van der Waals surface area contributed by atoms with Crippen molar-refractivity contribution in [1.82, 2.24) is 9.38 Å². The molecule has 2 heterocycles. The highest BCUT2D eigenvalue weighted by molar-refractivity contribution is 5.74. The van der Waals surface area contributed by atoms with Crippen molar-refractivity contribution in [1.29, 1.82) is 0 Å². The Balaban J connectivity index is 2.12. The summed E-state index contributed by atoms with van der Waals surface area (Å²) in [5, 5.41) is 0. The molecule has 0 unspecified atom stereocenters. The van der Waals surface area contributed by atoms with Crippen molar-refractivity contribution in [2.45, 2.75) is 38.0 Å². The molecule has 1 fully saturated rings. The molecule has 2 aromatic rings. The Morgan fingerprint density at radius 2 is 2.06 bits per heavy atom. The van der Waals surface area contributed by atoms with Gasteiger partial charge in [-0.2, -0.15) is 0 Å². The standard InChI is InChI=1S/C14H16N2O/c17-10-13-8-4-7-12-9-15-14(16(12)13)11-5-2-1-3-6-11/h4,7-11H,1-3,5-6H2. The first-order valence-corrected chi connectivity index (χ1v) is 6.31. The minimum Gasteiger partial charge on any atom is -0.296 e. The largest absolute Gasteiger partial charge is 0.296 e. The lowest BCUT2D eigenvalue weighted by Crippen LogP contribution is -2.10. The predicted molar refractivity (Wildman–Crippen MR) is 66.4 cm³/mol. The lowest BCUT2D eigenvalue weighted by Gasteiger charge is -2.20. The zero-order valence-corrected chi connectivity index (χ0v) is 9.80. The summed E-state index contributed by atoms with van der Waals surface area (Å²) in [5.74, 6) is 1.59. The van der Waals surface area contributed by atoms with Crippen molar-refractivity contribution < 1.29 is 4.79 Å². The van der Waals surface area contributed by atoms with Crippen LogP contribution in [0.5, 0.6) is 0 Å². The van der Waals surface area contributed by atoms with E-state index in [1.165, 1.54) is 32.1 Å². The molecule has 0 aromatic carbocycles. The number of rotatable bonds is 2. The maximum Gasteiger partial charge on any atom is 0.166 e. The molecule has 0 spiro atoms. The van der Waals surface area contributed by atoms with Crippen LogP contribution in [-0.2, 0) is 0 Å². The van der Waals surface area contributed by atoms with E-state index in [9.17, 15) is 4.79 Å². The minimum atomic E-state index is 0.521. The summed E-state index contributed by atoms with van der Waals surface area (Å²) < 4.78 is 2.02. The number of hydrogen-bond acceptors (Lipinski definition) is 2. The van der Waals surface area contributed by atoms with Gasteiger partial charge in [-0.25, -0.2) is 4.98 Å². The van der Waals surface area contributed by atoms with Crippen molar-refractivity contribution >= 4 is 11.8 Å². The molecule has 0 aliphatic heterocycles. The van der Waals surface area contributed by atoms with Gasteiger partial charge in [0.15, 0.2) is 6.29 Å². The molecule has 3 nitrogen and oxygen atoms in total. The van der Waals surface area contributed by atoms with Crippen LogP contribution in [0.15, 0.2) is 24.4 Å². The fraction of sp³-hybridized carbons (Fsp3) is 0.429. The number of pyridine rings is 1. The van der Waals surface area contributed by atoms with Gasteiger partial charge in [-0.05, 0) is 25.0 Å². The van der Waals surface area contributed by atoms with Gasteiger partial charge in [-0.3, -0.25) is 9.20 Å². The van der Waals surface area contributed by atoms with Gasteiger partial charge >= 0.3 is 0 Å². The third-order valence-corrected chi connectivity index (χ3v) is 3.70.